The molecule has 3 aromatic rings. The van der Waals surface area contributed by atoms with Gasteiger partial charge >= 0.3 is 0 Å². The molecule has 0 spiro atoms. The summed E-state index contributed by atoms with van der Waals surface area (Å²) in [5, 5.41) is 11.9. The van der Waals surface area contributed by atoms with Crippen molar-refractivity contribution in [3.8, 4) is 0 Å². The summed E-state index contributed by atoms with van der Waals surface area (Å²) in [6.45, 7) is 0. The molecule has 0 bridgehead atoms. The van der Waals surface area contributed by atoms with E-state index in [9.17, 15) is 4.79 Å². The molecule has 8 heteroatoms. The molecule has 0 aromatic carbocycles. The van der Waals surface area contributed by atoms with E-state index in [1.165, 1.54) is 0 Å². The van der Waals surface area contributed by atoms with Gasteiger partial charge in [0.05, 0.1) is 41.9 Å². The van der Waals surface area contributed by atoms with E-state index in [1.54, 1.807) is 23.4 Å². The van der Waals surface area contributed by atoms with Gasteiger partial charge < -0.3 is 15.2 Å². The lowest BCUT2D eigenvalue weighted by molar-refractivity contribution is -0.123. The molecule has 0 aliphatic carbocycles. The van der Waals surface area contributed by atoms with E-state index in [0.717, 1.165) is 28.8 Å². The molecule has 4 heterocycles. The Labute approximate surface area is 138 Å². The summed E-state index contributed by atoms with van der Waals surface area (Å²) in [5.74, 6) is 0.0699. The first-order valence-electron chi connectivity index (χ1n) is 7.92. The number of aromatic nitrogens is 5. The van der Waals surface area contributed by atoms with E-state index in [4.69, 9.17) is 0 Å². The molecule has 8 nitrogen and oxygen atoms in total. The molecular weight excluding hydrogens is 306 g/mol. The largest absolute Gasteiger partial charge is 0.379 e. The molecule has 3 aromatic heterocycles. The zero-order chi connectivity index (χ0) is 16.7. The van der Waals surface area contributed by atoms with Gasteiger partial charge in [-0.3, -0.25) is 9.48 Å². The van der Waals surface area contributed by atoms with E-state index >= 15 is 0 Å². The van der Waals surface area contributed by atoms with Crippen LogP contribution >= 0.6 is 0 Å². The summed E-state index contributed by atoms with van der Waals surface area (Å²) in [7, 11) is 3.81. The van der Waals surface area contributed by atoms with Crippen molar-refractivity contribution in [2.75, 3.05) is 5.32 Å². The van der Waals surface area contributed by atoms with E-state index in [0.29, 0.717) is 6.42 Å². The number of nitrogens with zero attached hydrogens (tertiary/aromatic N) is 5. The first-order valence-corrected chi connectivity index (χ1v) is 7.92. The van der Waals surface area contributed by atoms with Gasteiger partial charge in [-0.25, -0.2) is 9.97 Å². The van der Waals surface area contributed by atoms with Crippen molar-refractivity contribution in [1.29, 1.82) is 0 Å². The summed E-state index contributed by atoms with van der Waals surface area (Å²) < 4.78 is 3.69. The number of aryl methyl sites for hydroxylation is 2. The highest BCUT2D eigenvalue weighted by Gasteiger charge is 2.32. The van der Waals surface area contributed by atoms with E-state index in [2.05, 4.69) is 25.7 Å². The molecule has 2 N–H and O–H groups in total. The Hall–Kier alpha value is -2.90. The number of hydrogen-bond donors (Lipinski definition) is 2. The molecule has 4 rings (SSSR count). The summed E-state index contributed by atoms with van der Waals surface area (Å²) >= 11 is 0. The second-order valence-electron chi connectivity index (χ2n) is 6.13. The van der Waals surface area contributed by atoms with Gasteiger partial charge in [-0.05, 0) is 12.5 Å². The summed E-state index contributed by atoms with van der Waals surface area (Å²) in [6, 6.07) is 1.89. The Morgan fingerprint density at radius 2 is 2.21 bits per heavy atom. The number of anilines is 1. The number of amides is 1. The highest BCUT2D eigenvalue weighted by molar-refractivity contribution is 5.88. The predicted octanol–water partition coefficient (Wildman–Crippen LogP) is 1.13. The van der Waals surface area contributed by atoms with E-state index in [1.807, 2.05) is 30.9 Å². The SMILES string of the molecule is Cn1cncc1[C@@H]1NC(=O)CC[C@H]1Nc1ccnc2c1cnn2C. The standard InChI is InChI=1S/C16H19N7O/c1-22-9-17-8-13(22)15-12(3-4-14(24)21-15)20-11-5-6-18-16-10(11)7-19-23(16)2/h5-9,12,15H,3-4H2,1-2H3,(H,18,20)(H,21,24)/t12-,15-/m1/s1. The molecule has 0 saturated carbocycles. The topological polar surface area (TPSA) is 89.7 Å². The smallest absolute Gasteiger partial charge is 0.220 e. The fourth-order valence-electron chi connectivity index (χ4n) is 3.27. The van der Waals surface area contributed by atoms with Gasteiger partial charge in [-0.15, -0.1) is 0 Å². The third-order valence-electron chi connectivity index (χ3n) is 4.55. The molecule has 0 unspecified atom stereocenters. The van der Waals surface area contributed by atoms with Crippen LogP contribution in [0.3, 0.4) is 0 Å². The van der Waals surface area contributed by atoms with Crippen LogP contribution in [0.5, 0.6) is 0 Å². The number of fused-ring (bicyclic) bond motifs is 1. The quantitative estimate of drug-likeness (QED) is 0.753. The monoisotopic (exact) mass is 325 g/mol. The molecule has 124 valence electrons. The van der Waals surface area contributed by atoms with Crippen LogP contribution in [0.2, 0.25) is 0 Å². The van der Waals surface area contributed by atoms with Crippen molar-refractivity contribution in [2.45, 2.75) is 24.9 Å². The second-order valence-corrected chi connectivity index (χ2v) is 6.13. The molecule has 1 saturated heterocycles. The average Bonchev–Trinajstić information content (AvgIpc) is 3.16. The van der Waals surface area contributed by atoms with Crippen LogP contribution < -0.4 is 10.6 Å². The lowest BCUT2D eigenvalue weighted by Crippen LogP contribution is -2.45. The number of rotatable bonds is 3. The van der Waals surface area contributed by atoms with Gasteiger partial charge in [-0.1, -0.05) is 0 Å². The molecule has 2 atom stereocenters. The van der Waals surface area contributed by atoms with Crippen molar-refractivity contribution in [2.24, 2.45) is 14.1 Å². The van der Waals surface area contributed by atoms with Crippen LogP contribution in [-0.2, 0) is 18.9 Å². The number of imidazole rings is 1. The molecule has 24 heavy (non-hydrogen) atoms. The molecule has 0 radical (unpaired) electrons. The third-order valence-corrected chi connectivity index (χ3v) is 4.55. The number of piperidine rings is 1. The Bertz CT molecular complexity index is 897. The highest BCUT2D eigenvalue weighted by Crippen LogP contribution is 2.29. The van der Waals surface area contributed by atoms with Gasteiger partial charge in [0.2, 0.25) is 5.91 Å². The number of carbonyl (C=O) groups excluding carboxylic acids is 1. The Morgan fingerprint density at radius 3 is 3.00 bits per heavy atom. The number of carbonyl (C=O) groups is 1. The molecule has 1 fully saturated rings. The zero-order valence-corrected chi connectivity index (χ0v) is 13.6. The van der Waals surface area contributed by atoms with Gasteiger partial charge in [0.25, 0.3) is 0 Å². The van der Waals surface area contributed by atoms with Gasteiger partial charge in [0, 0.05) is 32.4 Å². The van der Waals surface area contributed by atoms with Crippen LogP contribution in [0.15, 0.2) is 31.0 Å². The van der Waals surface area contributed by atoms with E-state index in [-0.39, 0.29) is 18.0 Å². The van der Waals surface area contributed by atoms with Crippen LogP contribution in [0.1, 0.15) is 24.6 Å². The molecule has 1 amide bonds. The van der Waals surface area contributed by atoms with Crippen LogP contribution in [0.4, 0.5) is 5.69 Å². The minimum Gasteiger partial charge on any atom is -0.379 e. The fraction of sp³-hybridized carbons (Fsp3) is 0.375. The maximum absolute atomic E-state index is 11.9. The minimum atomic E-state index is -0.126. The lowest BCUT2D eigenvalue weighted by Gasteiger charge is -2.33. The normalized spacial score (nSPS) is 21.0. The van der Waals surface area contributed by atoms with Crippen molar-refractivity contribution in [3.05, 3.63) is 36.7 Å². The zero-order valence-electron chi connectivity index (χ0n) is 13.6. The lowest BCUT2D eigenvalue weighted by atomic mass is 9.95. The summed E-state index contributed by atoms with van der Waals surface area (Å²) in [5.41, 5.74) is 2.79. The Kier molecular flexibility index (Phi) is 3.44. The Balaban J connectivity index is 1.68. The minimum absolute atomic E-state index is 0.0699. The van der Waals surface area contributed by atoms with Crippen LogP contribution in [0.25, 0.3) is 11.0 Å². The number of pyridine rings is 1. The highest BCUT2D eigenvalue weighted by atomic mass is 16.1. The maximum atomic E-state index is 11.9. The molecule has 1 aliphatic heterocycles. The average molecular weight is 325 g/mol. The number of hydrogen-bond acceptors (Lipinski definition) is 5. The summed E-state index contributed by atoms with van der Waals surface area (Å²) in [6.07, 6.45) is 8.40. The maximum Gasteiger partial charge on any atom is 0.220 e. The first-order chi connectivity index (χ1) is 11.6. The fourth-order valence-corrected chi connectivity index (χ4v) is 3.27. The van der Waals surface area contributed by atoms with Crippen molar-refractivity contribution < 1.29 is 4.79 Å². The Morgan fingerprint density at radius 1 is 1.33 bits per heavy atom. The van der Waals surface area contributed by atoms with Gasteiger partial charge in [0.15, 0.2) is 5.65 Å². The van der Waals surface area contributed by atoms with Gasteiger partial charge in [-0.2, -0.15) is 5.10 Å². The molecular formula is C16H19N7O. The van der Waals surface area contributed by atoms with Crippen molar-refractivity contribution in [3.63, 3.8) is 0 Å². The first kappa shape index (κ1) is 14.7. The van der Waals surface area contributed by atoms with Crippen LogP contribution in [0, 0.1) is 0 Å². The summed E-state index contributed by atoms with van der Waals surface area (Å²) in [4.78, 5) is 20.4. The van der Waals surface area contributed by atoms with E-state index < -0.39 is 0 Å². The van der Waals surface area contributed by atoms with Crippen molar-refractivity contribution >= 4 is 22.6 Å². The predicted molar refractivity (Wildman–Crippen MR) is 89.2 cm³/mol. The van der Waals surface area contributed by atoms with Gasteiger partial charge in [0.1, 0.15) is 0 Å². The van der Waals surface area contributed by atoms with Crippen molar-refractivity contribution in [1.82, 2.24) is 29.6 Å². The van der Waals surface area contributed by atoms with Crippen LogP contribution in [-0.4, -0.2) is 36.3 Å². The molecule has 1 aliphatic rings. The number of nitrogens with one attached hydrogen (secondary N) is 2. The second kappa shape index (κ2) is 5.63. The third kappa shape index (κ3) is 2.40.